The Morgan fingerprint density at radius 2 is 2.11 bits per heavy atom. The zero-order valence-corrected chi connectivity index (χ0v) is 12.1. The first kappa shape index (κ1) is 13.1. The lowest BCUT2D eigenvalue weighted by Crippen LogP contribution is -2.08. The van der Waals surface area contributed by atoms with E-state index in [9.17, 15) is 4.39 Å². The number of H-pyrrole nitrogens is 1. The van der Waals surface area contributed by atoms with E-state index in [-0.39, 0.29) is 11.9 Å². The fourth-order valence-electron chi connectivity index (χ4n) is 1.91. The molecule has 0 spiro atoms. The number of aryl methyl sites for hydroxylation is 2. The number of benzene rings is 1. The number of hydrogen-bond donors (Lipinski definition) is 2. The largest absolute Gasteiger partial charge is 0.376 e. The summed E-state index contributed by atoms with van der Waals surface area (Å²) in [6.07, 6.45) is 0. The Morgan fingerprint density at radius 1 is 1.39 bits per heavy atom. The molecule has 1 atom stereocenters. The van der Waals surface area contributed by atoms with Crippen molar-refractivity contribution >= 4 is 21.6 Å². The lowest BCUT2D eigenvalue weighted by molar-refractivity contribution is 0.625. The van der Waals surface area contributed by atoms with Crippen LogP contribution >= 0.6 is 15.9 Å². The summed E-state index contributed by atoms with van der Waals surface area (Å²) in [5, 5.41) is 10.5. The molecular weight excluding hydrogens is 297 g/mol. The van der Waals surface area contributed by atoms with Gasteiger partial charge in [0.05, 0.1) is 17.1 Å². The lowest BCUT2D eigenvalue weighted by Gasteiger charge is -2.17. The average molecular weight is 312 g/mol. The number of aromatic amines is 1. The first-order chi connectivity index (χ1) is 8.49. The van der Waals surface area contributed by atoms with Gasteiger partial charge in [0.15, 0.2) is 0 Å². The minimum atomic E-state index is -0.242. The van der Waals surface area contributed by atoms with Gasteiger partial charge in [0.25, 0.3) is 0 Å². The van der Waals surface area contributed by atoms with Gasteiger partial charge in [0.2, 0.25) is 0 Å². The third kappa shape index (κ3) is 2.56. The smallest absolute Gasteiger partial charge is 0.124 e. The van der Waals surface area contributed by atoms with Crippen molar-refractivity contribution in [3.8, 4) is 0 Å². The molecule has 2 N–H and O–H groups in total. The van der Waals surface area contributed by atoms with Crippen molar-refractivity contribution in [1.29, 1.82) is 0 Å². The van der Waals surface area contributed by atoms with Crippen LogP contribution in [0.15, 0.2) is 22.7 Å². The Labute approximate surface area is 114 Å². The van der Waals surface area contributed by atoms with E-state index in [1.54, 1.807) is 6.07 Å². The third-order valence-electron chi connectivity index (χ3n) is 2.92. The fourth-order valence-corrected chi connectivity index (χ4v) is 2.60. The van der Waals surface area contributed by atoms with Crippen molar-refractivity contribution in [3.05, 3.63) is 45.4 Å². The van der Waals surface area contributed by atoms with E-state index < -0.39 is 0 Å². The number of halogens is 2. The van der Waals surface area contributed by atoms with Crippen molar-refractivity contribution in [3.63, 3.8) is 0 Å². The highest BCUT2D eigenvalue weighted by Crippen LogP contribution is 2.28. The Balaban J connectivity index is 2.24. The van der Waals surface area contributed by atoms with Gasteiger partial charge in [-0.2, -0.15) is 5.10 Å². The third-order valence-corrected chi connectivity index (χ3v) is 3.60. The standard InChI is InChI=1S/C13H15BrFN3/c1-7(11-5-4-10(15)6-12(11)14)16-13-8(2)17-18-9(13)3/h4-7,16H,1-3H3,(H,17,18). The highest BCUT2D eigenvalue weighted by atomic mass is 79.9. The van der Waals surface area contributed by atoms with Crippen LogP contribution in [0.4, 0.5) is 10.1 Å². The van der Waals surface area contributed by atoms with Crippen molar-refractivity contribution in [1.82, 2.24) is 10.2 Å². The van der Waals surface area contributed by atoms with Gasteiger partial charge in [-0.05, 0) is 38.5 Å². The summed E-state index contributed by atoms with van der Waals surface area (Å²) in [5.74, 6) is -0.242. The highest BCUT2D eigenvalue weighted by molar-refractivity contribution is 9.10. The van der Waals surface area contributed by atoms with Crippen LogP contribution in [-0.4, -0.2) is 10.2 Å². The van der Waals surface area contributed by atoms with Gasteiger partial charge in [0.1, 0.15) is 5.82 Å². The van der Waals surface area contributed by atoms with Crippen LogP contribution in [0.2, 0.25) is 0 Å². The van der Waals surface area contributed by atoms with E-state index in [1.165, 1.54) is 12.1 Å². The molecule has 3 nitrogen and oxygen atoms in total. The molecular formula is C13H15BrFN3. The van der Waals surface area contributed by atoms with Crippen molar-refractivity contribution in [2.24, 2.45) is 0 Å². The number of nitrogens with one attached hydrogen (secondary N) is 2. The second-order valence-electron chi connectivity index (χ2n) is 4.34. The number of nitrogens with zero attached hydrogens (tertiary/aromatic N) is 1. The van der Waals surface area contributed by atoms with Gasteiger partial charge in [-0.15, -0.1) is 0 Å². The summed E-state index contributed by atoms with van der Waals surface area (Å²) < 4.78 is 13.8. The van der Waals surface area contributed by atoms with E-state index in [2.05, 4.69) is 31.4 Å². The Bertz CT molecular complexity index is 546. The topological polar surface area (TPSA) is 40.7 Å². The van der Waals surface area contributed by atoms with Crippen molar-refractivity contribution < 1.29 is 4.39 Å². The molecule has 5 heteroatoms. The Hall–Kier alpha value is -1.36. The van der Waals surface area contributed by atoms with Crippen LogP contribution in [0.1, 0.15) is 29.9 Å². The molecule has 0 amide bonds. The Morgan fingerprint density at radius 3 is 2.67 bits per heavy atom. The monoisotopic (exact) mass is 311 g/mol. The minimum Gasteiger partial charge on any atom is -0.376 e. The summed E-state index contributed by atoms with van der Waals surface area (Å²) in [6, 6.07) is 4.78. The molecule has 0 aliphatic carbocycles. The molecule has 0 bridgehead atoms. The van der Waals surface area contributed by atoms with Gasteiger partial charge in [-0.3, -0.25) is 5.10 Å². The molecule has 96 valence electrons. The molecule has 1 aromatic carbocycles. The van der Waals surface area contributed by atoms with Gasteiger partial charge in [0, 0.05) is 10.5 Å². The quantitative estimate of drug-likeness (QED) is 0.896. The maximum Gasteiger partial charge on any atom is 0.124 e. The van der Waals surface area contributed by atoms with Crippen LogP contribution in [0.25, 0.3) is 0 Å². The number of aromatic nitrogens is 2. The predicted octanol–water partition coefficient (Wildman–Crippen LogP) is 4.10. The zero-order chi connectivity index (χ0) is 13.3. The molecule has 1 unspecified atom stereocenters. The number of rotatable bonds is 3. The molecule has 0 saturated heterocycles. The molecule has 0 aliphatic heterocycles. The van der Waals surface area contributed by atoms with E-state index in [0.29, 0.717) is 0 Å². The number of anilines is 1. The minimum absolute atomic E-state index is 0.0648. The summed E-state index contributed by atoms with van der Waals surface area (Å²) in [6.45, 7) is 5.94. The van der Waals surface area contributed by atoms with Crippen LogP contribution < -0.4 is 5.32 Å². The fraction of sp³-hybridized carbons (Fsp3) is 0.308. The van der Waals surface area contributed by atoms with Crippen molar-refractivity contribution in [2.45, 2.75) is 26.8 Å². The van der Waals surface area contributed by atoms with Gasteiger partial charge in [-0.25, -0.2) is 4.39 Å². The second kappa shape index (κ2) is 5.10. The SMILES string of the molecule is Cc1n[nH]c(C)c1NC(C)c1ccc(F)cc1Br. The Kier molecular flexibility index (Phi) is 3.71. The van der Waals surface area contributed by atoms with Crippen LogP contribution in [0, 0.1) is 19.7 Å². The summed E-state index contributed by atoms with van der Waals surface area (Å²) in [7, 11) is 0. The molecule has 18 heavy (non-hydrogen) atoms. The number of hydrogen-bond acceptors (Lipinski definition) is 2. The van der Waals surface area contributed by atoms with Gasteiger partial charge >= 0.3 is 0 Å². The van der Waals surface area contributed by atoms with E-state index >= 15 is 0 Å². The van der Waals surface area contributed by atoms with Crippen LogP contribution in [-0.2, 0) is 0 Å². The molecule has 1 aromatic heterocycles. The van der Waals surface area contributed by atoms with E-state index in [1.807, 2.05) is 20.8 Å². The lowest BCUT2D eigenvalue weighted by atomic mass is 10.1. The molecule has 1 heterocycles. The molecule has 0 aliphatic rings. The zero-order valence-electron chi connectivity index (χ0n) is 10.5. The predicted molar refractivity (Wildman–Crippen MR) is 74.2 cm³/mol. The molecule has 0 radical (unpaired) electrons. The molecule has 2 aromatic rings. The molecule has 2 rings (SSSR count). The van der Waals surface area contributed by atoms with Gasteiger partial charge < -0.3 is 5.32 Å². The second-order valence-corrected chi connectivity index (χ2v) is 5.20. The van der Waals surface area contributed by atoms with Gasteiger partial charge in [-0.1, -0.05) is 22.0 Å². The summed E-state index contributed by atoms with van der Waals surface area (Å²) >= 11 is 3.39. The van der Waals surface area contributed by atoms with Crippen molar-refractivity contribution in [2.75, 3.05) is 5.32 Å². The molecule has 0 fully saturated rings. The van der Waals surface area contributed by atoms with Crippen LogP contribution in [0.3, 0.4) is 0 Å². The first-order valence-corrected chi connectivity index (χ1v) is 6.51. The highest BCUT2D eigenvalue weighted by Gasteiger charge is 2.13. The molecule has 0 saturated carbocycles. The maximum atomic E-state index is 13.1. The van der Waals surface area contributed by atoms with Crippen LogP contribution in [0.5, 0.6) is 0 Å². The first-order valence-electron chi connectivity index (χ1n) is 5.72. The average Bonchev–Trinajstić information content (AvgIpc) is 2.60. The van der Waals surface area contributed by atoms with E-state index in [4.69, 9.17) is 0 Å². The maximum absolute atomic E-state index is 13.1. The van der Waals surface area contributed by atoms with E-state index in [0.717, 1.165) is 27.1 Å². The normalized spacial score (nSPS) is 12.5. The summed E-state index contributed by atoms with van der Waals surface area (Å²) in [5.41, 5.74) is 3.94. The summed E-state index contributed by atoms with van der Waals surface area (Å²) in [4.78, 5) is 0.